The third-order valence-electron chi connectivity index (χ3n) is 4.71. The van der Waals surface area contributed by atoms with Crippen LogP contribution in [0.5, 0.6) is 5.75 Å². The highest BCUT2D eigenvalue weighted by Gasteiger charge is 2.26. The van der Waals surface area contributed by atoms with Crippen LogP contribution in [0.2, 0.25) is 0 Å². The molecule has 2 heterocycles. The summed E-state index contributed by atoms with van der Waals surface area (Å²) >= 11 is 0. The topological polar surface area (TPSA) is 86.7 Å². The standard InChI is InChI=1S/C22H18O6S/c1-13-6-8-16(9-7-13)29(24,25)28-22-20(23)17-11-14(2)15(3)12-19(17)27-21(22)18-5-4-10-26-18/h4-12H,1-3H3. The second kappa shape index (κ2) is 6.93. The molecule has 0 aliphatic carbocycles. The van der Waals surface area contributed by atoms with Crippen molar-refractivity contribution in [2.45, 2.75) is 25.7 Å². The lowest BCUT2D eigenvalue weighted by molar-refractivity contribution is 0.464. The molecule has 0 aliphatic rings. The van der Waals surface area contributed by atoms with Crippen molar-refractivity contribution in [2.75, 3.05) is 0 Å². The number of hydrogen-bond acceptors (Lipinski definition) is 6. The lowest BCUT2D eigenvalue weighted by Crippen LogP contribution is -2.17. The van der Waals surface area contributed by atoms with E-state index in [9.17, 15) is 13.2 Å². The van der Waals surface area contributed by atoms with E-state index in [0.29, 0.717) is 5.58 Å². The van der Waals surface area contributed by atoms with Gasteiger partial charge in [-0.25, -0.2) is 0 Å². The monoisotopic (exact) mass is 410 g/mol. The molecule has 4 aromatic rings. The van der Waals surface area contributed by atoms with Crippen molar-refractivity contribution in [2.24, 2.45) is 0 Å². The van der Waals surface area contributed by atoms with Crippen molar-refractivity contribution >= 4 is 21.1 Å². The van der Waals surface area contributed by atoms with Gasteiger partial charge in [0.1, 0.15) is 10.5 Å². The molecule has 29 heavy (non-hydrogen) atoms. The number of fused-ring (bicyclic) bond motifs is 1. The van der Waals surface area contributed by atoms with Gasteiger partial charge in [0.25, 0.3) is 0 Å². The number of benzene rings is 2. The van der Waals surface area contributed by atoms with Gasteiger partial charge < -0.3 is 13.0 Å². The summed E-state index contributed by atoms with van der Waals surface area (Å²) < 4.78 is 42.1. The quantitative estimate of drug-likeness (QED) is 0.452. The van der Waals surface area contributed by atoms with Gasteiger partial charge in [0.05, 0.1) is 11.6 Å². The van der Waals surface area contributed by atoms with Gasteiger partial charge in [0, 0.05) is 0 Å². The van der Waals surface area contributed by atoms with E-state index in [1.54, 1.807) is 36.4 Å². The van der Waals surface area contributed by atoms with E-state index < -0.39 is 21.3 Å². The van der Waals surface area contributed by atoms with Gasteiger partial charge in [-0.1, -0.05) is 17.7 Å². The summed E-state index contributed by atoms with van der Waals surface area (Å²) in [7, 11) is -4.25. The largest absolute Gasteiger partial charge is 0.461 e. The van der Waals surface area contributed by atoms with Crippen LogP contribution in [0, 0.1) is 20.8 Å². The van der Waals surface area contributed by atoms with E-state index >= 15 is 0 Å². The van der Waals surface area contributed by atoms with E-state index in [1.165, 1.54) is 18.4 Å². The Bertz CT molecular complexity index is 1360. The van der Waals surface area contributed by atoms with Gasteiger partial charge in [0.15, 0.2) is 5.76 Å². The first kappa shape index (κ1) is 19.0. The summed E-state index contributed by atoms with van der Waals surface area (Å²) in [6.07, 6.45) is 1.40. The first-order chi connectivity index (χ1) is 13.8. The molecule has 0 bridgehead atoms. The molecule has 0 radical (unpaired) electrons. The summed E-state index contributed by atoms with van der Waals surface area (Å²) in [6, 6.07) is 12.7. The maximum Gasteiger partial charge on any atom is 0.339 e. The van der Waals surface area contributed by atoms with Gasteiger partial charge >= 0.3 is 10.1 Å². The lowest BCUT2D eigenvalue weighted by Gasteiger charge is -2.11. The fraction of sp³-hybridized carbons (Fsp3) is 0.136. The van der Waals surface area contributed by atoms with Gasteiger partial charge in [0.2, 0.25) is 16.9 Å². The Labute approximate surface area is 167 Å². The van der Waals surface area contributed by atoms with Crippen molar-refractivity contribution in [3.05, 3.63) is 81.7 Å². The summed E-state index contributed by atoms with van der Waals surface area (Å²) in [5.41, 5.74) is 2.45. The highest BCUT2D eigenvalue weighted by molar-refractivity contribution is 7.87. The smallest absolute Gasteiger partial charge is 0.339 e. The van der Waals surface area contributed by atoms with Crippen LogP contribution in [-0.4, -0.2) is 8.42 Å². The normalized spacial score (nSPS) is 11.7. The van der Waals surface area contributed by atoms with Gasteiger partial charge in [-0.15, -0.1) is 0 Å². The first-order valence-electron chi connectivity index (χ1n) is 8.89. The molecule has 0 N–H and O–H groups in total. The van der Waals surface area contributed by atoms with Gasteiger partial charge in [-0.2, -0.15) is 8.42 Å². The minimum absolute atomic E-state index is 0.0620. The highest BCUT2D eigenvalue weighted by Crippen LogP contribution is 2.33. The molecule has 0 atom stereocenters. The molecule has 6 nitrogen and oxygen atoms in total. The van der Waals surface area contributed by atoms with Crippen LogP contribution in [0.4, 0.5) is 0 Å². The molecule has 0 spiro atoms. The van der Waals surface area contributed by atoms with E-state index in [4.69, 9.17) is 13.0 Å². The summed E-state index contributed by atoms with van der Waals surface area (Å²) in [6.45, 7) is 5.60. The molecule has 0 saturated carbocycles. The van der Waals surface area contributed by atoms with E-state index in [1.807, 2.05) is 20.8 Å². The molecule has 148 valence electrons. The maximum atomic E-state index is 13.2. The molecule has 4 rings (SSSR count). The second-order valence-electron chi connectivity index (χ2n) is 6.85. The molecule has 2 aromatic carbocycles. The highest BCUT2D eigenvalue weighted by atomic mass is 32.2. The van der Waals surface area contributed by atoms with Crippen molar-refractivity contribution in [3.63, 3.8) is 0 Å². The van der Waals surface area contributed by atoms with Crippen LogP contribution < -0.4 is 9.61 Å². The number of aryl methyl sites for hydroxylation is 3. The fourth-order valence-electron chi connectivity index (χ4n) is 2.94. The van der Waals surface area contributed by atoms with Crippen molar-refractivity contribution in [1.82, 2.24) is 0 Å². The maximum absolute atomic E-state index is 13.2. The zero-order valence-corrected chi connectivity index (χ0v) is 16.9. The molecule has 0 amide bonds. The van der Waals surface area contributed by atoms with Crippen LogP contribution in [0.3, 0.4) is 0 Å². The Morgan fingerprint density at radius 2 is 1.62 bits per heavy atom. The Morgan fingerprint density at radius 3 is 2.28 bits per heavy atom. The molecular formula is C22H18O6S. The van der Waals surface area contributed by atoms with Crippen LogP contribution in [0.15, 0.2) is 73.3 Å². The first-order valence-corrected chi connectivity index (χ1v) is 10.3. The molecule has 0 saturated heterocycles. The minimum atomic E-state index is -4.25. The molecule has 0 fully saturated rings. The predicted molar refractivity (Wildman–Crippen MR) is 109 cm³/mol. The summed E-state index contributed by atoms with van der Waals surface area (Å²) in [5.74, 6) is -0.320. The second-order valence-corrected chi connectivity index (χ2v) is 8.40. The van der Waals surface area contributed by atoms with Crippen LogP contribution in [0.1, 0.15) is 16.7 Å². The number of rotatable bonds is 4. The van der Waals surface area contributed by atoms with Crippen molar-refractivity contribution in [1.29, 1.82) is 0 Å². The predicted octanol–water partition coefficient (Wildman–Crippen LogP) is 4.75. The Hall–Kier alpha value is -3.32. The Morgan fingerprint density at radius 1 is 0.931 bits per heavy atom. The fourth-order valence-corrected chi connectivity index (χ4v) is 3.88. The average Bonchev–Trinajstić information content (AvgIpc) is 3.20. The van der Waals surface area contributed by atoms with Crippen LogP contribution in [-0.2, 0) is 10.1 Å². The van der Waals surface area contributed by atoms with Crippen molar-refractivity contribution < 1.29 is 21.4 Å². The number of hydrogen-bond donors (Lipinski definition) is 0. The molecule has 7 heteroatoms. The minimum Gasteiger partial charge on any atom is -0.461 e. The Kier molecular flexibility index (Phi) is 4.55. The van der Waals surface area contributed by atoms with Crippen LogP contribution >= 0.6 is 0 Å². The summed E-state index contributed by atoms with van der Waals surface area (Å²) in [4.78, 5) is 13.1. The zero-order chi connectivity index (χ0) is 20.8. The van der Waals surface area contributed by atoms with Gasteiger partial charge in [-0.3, -0.25) is 4.79 Å². The van der Waals surface area contributed by atoms with E-state index in [-0.39, 0.29) is 21.8 Å². The third kappa shape index (κ3) is 3.45. The lowest BCUT2D eigenvalue weighted by atomic mass is 10.1. The SMILES string of the molecule is Cc1ccc(S(=O)(=O)Oc2c(-c3ccco3)oc3cc(C)c(C)cc3c2=O)cc1. The Balaban J connectivity index is 1.96. The summed E-state index contributed by atoms with van der Waals surface area (Å²) in [5, 5.41) is 0.234. The third-order valence-corrected chi connectivity index (χ3v) is 5.95. The molecular weight excluding hydrogens is 392 g/mol. The molecule has 2 aromatic heterocycles. The average molecular weight is 410 g/mol. The van der Waals surface area contributed by atoms with E-state index in [0.717, 1.165) is 16.7 Å². The van der Waals surface area contributed by atoms with E-state index in [2.05, 4.69) is 0 Å². The molecule has 0 unspecified atom stereocenters. The zero-order valence-electron chi connectivity index (χ0n) is 16.1. The van der Waals surface area contributed by atoms with Gasteiger partial charge in [-0.05, 0) is 68.3 Å². The van der Waals surface area contributed by atoms with Crippen LogP contribution in [0.25, 0.3) is 22.5 Å². The van der Waals surface area contributed by atoms with Crippen molar-refractivity contribution in [3.8, 4) is 17.3 Å². The number of furan rings is 1. The molecule has 0 aliphatic heterocycles.